The van der Waals surface area contributed by atoms with Gasteiger partial charge in [0.1, 0.15) is 0 Å². The van der Waals surface area contributed by atoms with Crippen LogP contribution in [-0.4, -0.2) is 20.6 Å². The second kappa shape index (κ2) is 8.81. The molecule has 0 atom stereocenters. The molecule has 0 saturated heterocycles. The van der Waals surface area contributed by atoms with Crippen molar-refractivity contribution in [1.29, 1.82) is 0 Å². The number of aromatic nitrogens is 2. The van der Waals surface area contributed by atoms with Crippen molar-refractivity contribution >= 4 is 69.1 Å². The van der Waals surface area contributed by atoms with E-state index >= 15 is 0 Å². The maximum atomic E-state index is 13.0. The monoisotopic (exact) mass is 472 g/mol. The molecule has 0 unspecified atom stereocenters. The van der Waals surface area contributed by atoms with Gasteiger partial charge in [-0.05, 0) is 60.1 Å². The van der Waals surface area contributed by atoms with Crippen LogP contribution >= 0.6 is 35.4 Å². The van der Waals surface area contributed by atoms with Crippen LogP contribution in [0.1, 0.15) is 16.1 Å². The lowest BCUT2D eigenvalue weighted by Gasteiger charge is -2.16. The van der Waals surface area contributed by atoms with Crippen LogP contribution in [0.4, 0.5) is 35.9 Å². The van der Waals surface area contributed by atoms with E-state index in [0.717, 1.165) is 23.7 Å². The van der Waals surface area contributed by atoms with Gasteiger partial charge in [0.15, 0.2) is 10.8 Å². The maximum Gasteiger partial charge on any atom is 0.416 e. The van der Waals surface area contributed by atoms with Gasteiger partial charge in [-0.1, -0.05) is 16.1 Å². The number of nitrogens with one attached hydrogen (secondary N) is 3. The number of alkyl halides is 3. The Bertz CT molecular complexity index is 1070. The highest BCUT2D eigenvalue weighted by atomic mass is 35.5. The van der Waals surface area contributed by atoms with Crippen molar-refractivity contribution in [3.8, 4) is 0 Å². The Hall–Kier alpha value is -2.96. The molecule has 0 aliphatic rings. The van der Waals surface area contributed by atoms with Crippen LogP contribution in [0.15, 0.2) is 41.8 Å². The summed E-state index contributed by atoms with van der Waals surface area (Å²) in [6.07, 6.45) is -4.59. The number of anilines is 4. The number of carbonyl (C=O) groups is 1. The standard InChI is InChI=1S/C17H12ClF3N6OS2/c18-11-5-8(17(19,20)21)6-12(14(11)22)25-16(29)24-10-3-1-9(2-4-10)23-15(28)13-7-30-27-26-13/h1-7H,22H2,(H,23,28)(H2,24,25,29). The molecule has 0 aliphatic carbocycles. The second-order valence-electron chi connectivity index (χ2n) is 5.82. The summed E-state index contributed by atoms with van der Waals surface area (Å²) in [5.74, 6) is -0.404. The number of hydrogen-bond acceptors (Lipinski definition) is 6. The van der Waals surface area contributed by atoms with E-state index in [4.69, 9.17) is 29.6 Å². The van der Waals surface area contributed by atoms with E-state index in [2.05, 4.69) is 25.5 Å². The third-order valence-electron chi connectivity index (χ3n) is 3.70. The fourth-order valence-corrected chi connectivity index (χ4v) is 3.15. The van der Waals surface area contributed by atoms with Gasteiger partial charge >= 0.3 is 6.18 Å². The van der Waals surface area contributed by atoms with Crippen molar-refractivity contribution in [3.05, 3.63) is 58.1 Å². The van der Waals surface area contributed by atoms with Crippen molar-refractivity contribution < 1.29 is 18.0 Å². The number of hydrogen-bond donors (Lipinski definition) is 4. The Morgan fingerprint density at radius 2 is 1.73 bits per heavy atom. The number of halogens is 4. The summed E-state index contributed by atoms with van der Waals surface area (Å²) in [7, 11) is 0. The summed E-state index contributed by atoms with van der Waals surface area (Å²) in [6.45, 7) is 0. The first-order valence-electron chi connectivity index (χ1n) is 8.06. The highest BCUT2D eigenvalue weighted by Crippen LogP contribution is 2.37. The number of carbonyl (C=O) groups excluding carboxylic acids is 1. The molecule has 30 heavy (non-hydrogen) atoms. The van der Waals surface area contributed by atoms with Crippen molar-refractivity contribution in [2.24, 2.45) is 0 Å². The fraction of sp³-hybridized carbons (Fsp3) is 0.0588. The van der Waals surface area contributed by atoms with Crippen LogP contribution in [0.3, 0.4) is 0 Å². The molecule has 3 aromatic rings. The summed E-state index contributed by atoms with van der Waals surface area (Å²) >= 11 is 12.0. The van der Waals surface area contributed by atoms with Crippen molar-refractivity contribution in [2.75, 3.05) is 21.7 Å². The number of nitrogens with zero attached hydrogens (tertiary/aromatic N) is 2. The van der Waals surface area contributed by atoms with Gasteiger partial charge in [-0.2, -0.15) is 13.2 Å². The molecule has 0 aliphatic heterocycles. The molecular formula is C17H12ClF3N6OS2. The molecule has 5 N–H and O–H groups in total. The number of benzene rings is 2. The first-order chi connectivity index (χ1) is 14.1. The largest absolute Gasteiger partial charge is 0.416 e. The van der Waals surface area contributed by atoms with Gasteiger partial charge in [0, 0.05) is 16.8 Å². The van der Waals surface area contributed by atoms with E-state index in [1.165, 1.54) is 5.38 Å². The molecule has 7 nitrogen and oxygen atoms in total. The molecule has 1 aromatic heterocycles. The van der Waals surface area contributed by atoms with E-state index in [1.54, 1.807) is 24.3 Å². The van der Waals surface area contributed by atoms with Gasteiger partial charge in [-0.3, -0.25) is 4.79 Å². The molecule has 2 aromatic carbocycles. The Kier molecular flexibility index (Phi) is 6.39. The molecule has 0 spiro atoms. The van der Waals surface area contributed by atoms with Gasteiger partial charge in [0.05, 0.1) is 22.0 Å². The van der Waals surface area contributed by atoms with Crippen LogP contribution in [0.5, 0.6) is 0 Å². The molecular weight excluding hydrogens is 461 g/mol. The van der Waals surface area contributed by atoms with Gasteiger partial charge in [0.25, 0.3) is 5.91 Å². The van der Waals surface area contributed by atoms with Crippen LogP contribution in [0.2, 0.25) is 5.02 Å². The number of thiocarbonyl (C=S) groups is 1. The van der Waals surface area contributed by atoms with Crippen LogP contribution < -0.4 is 21.7 Å². The number of nitrogens with two attached hydrogens (primary N) is 1. The van der Waals surface area contributed by atoms with Gasteiger partial charge in [-0.15, -0.1) is 5.10 Å². The first-order valence-corrected chi connectivity index (χ1v) is 9.68. The lowest BCUT2D eigenvalue weighted by atomic mass is 10.1. The summed E-state index contributed by atoms with van der Waals surface area (Å²) in [4.78, 5) is 11.9. The summed E-state index contributed by atoms with van der Waals surface area (Å²) in [6, 6.07) is 8.02. The molecule has 3 rings (SSSR count). The van der Waals surface area contributed by atoms with Gasteiger partial charge in [-0.25, -0.2) is 0 Å². The molecule has 0 bridgehead atoms. The Balaban J connectivity index is 1.65. The third kappa shape index (κ3) is 5.34. The predicted molar refractivity (Wildman–Crippen MR) is 115 cm³/mol. The zero-order chi connectivity index (χ0) is 21.9. The van der Waals surface area contributed by atoms with Crippen molar-refractivity contribution in [1.82, 2.24) is 9.59 Å². The zero-order valence-electron chi connectivity index (χ0n) is 14.7. The van der Waals surface area contributed by atoms with E-state index in [9.17, 15) is 18.0 Å². The molecule has 1 heterocycles. The Morgan fingerprint density at radius 3 is 2.30 bits per heavy atom. The second-order valence-corrected chi connectivity index (χ2v) is 7.24. The predicted octanol–water partition coefficient (Wildman–Crippen LogP) is 4.85. The SMILES string of the molecule is Nc1c(Cl)cc(C(F)(F)F)cc1NC(=S)Nc1ccc(NC(=O)c2csnn2)cc1. The van der Waals surface area contributed by atoms with E-state index in [1.807, 2.05) is 0 Å². The van der Waals surface area contributed by atoms with Gasteiger partial charge < -0.3 is 21.7 Å². The van der Waals surface area contributed by atoms with E-state index in [0.29, 0.717) is 11.4 Å². The molecule has 156 valence electrons. The van der Waals surface area contributed by atoms with Crippen molar-refractivity contribution in [2.45, 2.75) is 6.18 Å². The minimum Gasteiger partial charge on any atom is -0.396 e. The average molecular weight is 473 g/mol. The smallest absolute Gasteiger partial charge is 0.396 e. The summed E-state index contributed by atoms with van der Waals surface area (Å²) in [5.41, 5.74) is 5.88. The fourth-order valence-electron chi connectivity index (χ4n) is 2.27. The van der Waals surface area contributed by atoms with E-state index in [-0.39, 0.29) is 27.2 Å². The molecule has 13 heteroatoms. The maximum absolute atomic E-state index is 13.0. The van der Waals surface area contributed by atoms with Crippen LogP contribution in [0, 0.1) is 0 Å². The molecule has 0 saturated carbocycles. The normalized spacial score (nSPS) is 11.1. The van der Waals surface area contributed by atoms with Crippen LogP contribution in [-0.2, 0) is 6.18 Å². The average Bonchev–Trinajstić information content (AvgIpc) is 3.21. The van der Waals surface area contributed by atoms with Crippen LogP contribution in [0.25, 0.3) is 0 Å². The minimum absolute atomic E-state index is 0.00224. The topological polar surface area (TPSA) is 105 Å². The zero-order valence-corrected chi connectivity index (χ0v) is 17.1. The molecule has 0 radical (unpaired) electrons. The minimum atomic E-state index is -4.59. The Labute approximate surface area is 182 Å². The first kappa shape index (κ1) is 21.7. The number of nitrogen functional groups attached to an aromatic ring is 1. The number of rotatable bonds is 4. The number of amides is 1. The lowest BCUT2D eigenvalue weighted by Crippen LogP contribution is -2.20. The Morgan fingerprint density at radius 1 is 1.10 bits per heavy atom. The third-order valence-corrected chi connectivity index (χ3v) is 4.72. The summed E-state index contributed by atoms with van der Waals surface area (Å²) in [5, 5.41) is 13.0. The highest BCUT2D eigenvalue weighted by Gasteiger charge is 2.32. The lowest BCUT2D eigenvalue weighted by molar-refractivity contribution is -0.137. The summed E-state index contributed by atoms with van der Waals surface area (Å²) < 4.78 is 42.5. The van der Waals surface area contributed by atoms with Gasteiger partial charge in [0.2, 0.25) is 0 Å². The van der Waals surface area contributed by atoms with Crippen molar-refractivity contribution in [3.63, 3.8) is 0 Å². The quantitative estimate of drug-likeness (QED) is 0.317. The van der Waals surface area contributed by atoms with E-state index < -0.39 is 17.6 Å². The molecule has 1 amide bonds. The highest BCUT2D eigenvalue weighted by molar-refractivity contribution is 7.80. The molecule has 0 fully saturated rings.